The Labute approximate surface area is 107 Å². The molecule has 3 heteroatoms. The van der Waals surface area contributed by atoms with Crippen LogP contribution in [0.2, 0.25) is 10.0 Å². The highest BCUT2D eigenvalue weighted by atomic mass is 35.5. The number of hydrogen-bond acceptors (Lipinski definition) is 1. The first-order chi connectivity index (χ1) is 7.46. The molecule has 0 spiro atoms. The molecule has 1 N–H and O–H groups in total. The van der Waals surface area contributed by atoms with Crippen LogP contribution in [0.25, 0.3) is 0 Å². The van der Waals surface area contributed by atoms with Crippen LogP contribution < -0.4 is 0 Å². The van der Waals surface area contributed by atoms with E-state index < -0.39 is 5.60 Å². The van der Waals surface area contributed by atoms with Crippen LogP contribution in [0, 0.1) is 0 Å². The maximum Gasteiger partial charge on any atom is 0.0664 e. The molecule has 16 heavy (non-hydrogen) atoms. The van der Waals surface area contributed by atoms with E-state index in [0.29, 0.717) is 22.9 Å². The summed E-state index contributed by atoms with van der Waals surface area (Å²) in [6, 6.07) is 5.37. The van der Waals surface area contributed by atoms with Crippen molar-refractivity contribution in [2.24, 2.45) is 0 Å². The summed E-state index contributed by atoms with van der Waals surface area (Å²) >= 11 is 12.1. The van der Waals surface area contributed by atoms with Gasteiger partial charge in [0.15, 0.2) is 0 Å². The summed E-state index contributed by atoms with van der Waals surface area (Å²) < 4.78 is 0. The van der Waals surface area contributed by atoms with Gasteiger partial charge < -0.3 is 5.11 Å². The van der Waals surface area contributed by atoms with Crippen molar-refractivity contribution in [2.45, 2.75) is 31.8 Å². The molecule has 0 aliphatic carbocycles. The lowest BCUT2D eigenvalue weighted by molar-refractivity contribution is 0.0524. The van der Waals surface area contributed by atoms with Gasteiger partial charge in [-0.15, -0.1) is 6.58 Å². The van der Waals surface area contributed by atoms with Crippen molar-refractivity contribution < 1.29 is 5.11 Å². The van der Waals surface area contributed by atoms with Gasteiger partial charge in [-0.05, 0) is 37.5 Å². The molecule has 0 amide bonds. The highest BCUT2D eigenvalue weighted by Gasteiger charge is 2.22. The first-order valence-corrected chi connectivity index (χ1v) is 5.98. The molecule has 0 aliphatic heterocycles. The minimum absolute atomic E-state index is 0.458. The van der Waals surface area contributed by atoms with Gasteiger partial charge in [-0.2, -0.15) is 0 Å². The van der Waals surface area contributed by atoms with E-state index in [1.54, 1.807) is 31.2 Å². The van der Waals surface area contributed by atoms with E-state index >= 15 is 0 Å². The molecule has 0 heterocycles. The first kappa shape index (κ1) is 13.6. The lowest BCUT2D eigenvalue weighted by Gasteiger charge is -2.23. The Morgan fingerprint density at radius 2 is 1.94 bits per heavy atom. The molecule has 88 valence electrons. The van der Waals surface area contributed by atoms with E-state index in [1.165, 1.54) is 0 Å². The van der Waals surface area contributed by atoms with E-state index in [2.05, 4.69) is 6.58 Å². The molecule has 0 saturated heterocycles. The molecule has 1 atom stereocenters. The molecular formula is C13H16Cl2O. The third kappa shape index (κ3) is 3.82. The van der Waals surface area contributed by atoms with Crippen LogP contribution in [0.1, 0.15) is 25.3 Å². The number of halogens is 2. The van der Waals surface area contributed by atoms with Gasteiger partial charge in [0.05, 0.1) is 5.60 Å². The average molecular weight is 259 g/mol. The monoisotopic (exact) mass is 258 g/mol. The van der Waals surface area contributed by atoms with Crippen LogP contribution in [-0.4, -0.2) is 10.7 Å². The van der Waals surface area contributed by atoms with Crippen molar-refractivity contribution in [1.82, 2.24) is 0 Å². The number of aliphatic hydroxyl groups is 1. The van der Waals surface area contributed by atoms with Crippen LogP contribution in [0.5, 0.6) is 0 Å². The molecule has 1 aromatic carbocycles. The zero-order chi connectivity index (χ0) is 12.2. The molecule has 0 saturated carbocycles. The molecule has 0 bridgehead atoms. The number of allylic oxidation sites excluding steroid dienone is 1. The van der Waals surface area contributed by atoms with Crippen molar-refractivity contribution >= 4 is 23.2 Å². The van der Waals surface area contributed by atoms with E-state index in [4.69, 9.17) is 23.2 Å². The van der Waals surface area contributed by atoms with Gasteiger partial charge in [0.2, 0.25) is 0 Å². The van der Waals surface area contributed by atoms with Crippen LogP contribution >= 0.6 is 23.2 Å². The van der Waals surface area contributed by atoms with Crippen LogP contribution in [0.4, 0.5) is 0 Å². The Morgan fingerprint density at radius 1 is 1.38 bits per heavy atom. The van der Waals surface area contributed by atoms with Gasteiger partial charge >= 0.3 is 0 Å². The maximum atomic E-state index is 10.2. The second kappa shape index (κ2) is 5.72. The lowest BCUT2D eigenvalue weighted by Crippen LogP contribution is -2.27. The van der Waals surface area contributed by atoms with E-state index in [0.717, 1.165) is 12.0 Å². The van der Waals surface area contributed by atoms with Gasteiger partial charge in [0.25, 0.3) is 0 Å². The molecule has 1 rings (SSSR count). The topological polar surface area (TPSA) is 20.2 Å². The SMILES string of the molecule is C=CCCC(C)(O)Cc1c(Cl)cccc1Cl. The third-order valence-electron chi connectivity index (χ3n) is 2.51. The zero-order valence-electron chi connectivity index (χ0n) is 9.34. The fraction of sp³-hybridized carbons (Fsp3) is 0.385. The average Bonchev–Trinajstić information content (AvgIpc) is 2.21. The Hall–Kier alpha value is -0.500. The highest BCUT2D eigenvalue weighted by Crippen LogP contribution is 2.29. The van der Waals surface area contributed by atoms with Crippen molar-refractivity contribution in [3.63, 3.8) is 0 Å². The summed E-state index contributed by atoms with van der Waals surface area (Å²) in [6.45, 7) is 5.43. The van der Waals surface area contributed by atoms with Crippen molar-refractivity contribution in [1.29, 1.82) is 0 Å². The Balaban J connectivity index is 2.82. The van der Waals surface area contributed by atoms with Gasteiger partial charge in [-0.3, -0.25) is 0 Å². The lowest BCUT2D eigenvalue weighted by atomic mass is 9.92. The van der Waals surface area contributed by atoms with Gasteiger partial charge in [0, 0.05) is 16.5 Å². The number of benzene rings is 1. The standard InChI is InChI=1S/C13H16Cl2O/c1-3-4-8-13(2,16)9-10-11(14)6-5-7-12(10)15/h3,5-7,16H,1,4,8-9H2,2H3. The third-order valence-corrected chi connectivity index (χ3v) is 3.21. The predicted molar refractivity (Wildman–Crippen MR) is 70.2 cm³/mol. The largest absolute Gasteiger partial charge is 0.390 e. The Morgan fingerprint density at radius 3 is 2.44 bits per heavy atom. The summed E-state index contributed by atoms with van der Waals surface area (Å²) in [5.74, 6) is 0. The quantitative estimate of drug-likeness (QED) is 0.783. The van der Waals surface area contributed by atoms with E-state index in [9.17, 15) is 5.11 Å². The molecule has 1 aromatic rings. The van der Waals surface area contributed by atoms with Crippen LogP contribution in [-0.2, 0) is 6.42 Å². The van der Waals surface area contributed by atoms with Gasteiger partial charge in [0.1, 0.15) is 0 Å². The summed E-state index contributed by atoms with van der Waals surface area (Å²) in [5, 5.41) is 11.4. The van der Waals surface area contributed by atoms with Gasteiger partial charge in [-0.1, -0.05) is 35.3 Å². The Bertz CT molecular complexity index is 352. The molecular weight excluding hydrogens is 243 g/mol. The highest BCUT2D eigenvalue weighted by molar-refractivity contribution is 6.36. The summed E-state index contributed by atoms with van der Waals surface area (Å²) in [4.78, 5) is 0. The Kier molecular flexibility index (Phi) is 4.85. The van der Waals surface area contributed by atoms with Crippen molar-refractivity contribution in [3.05, 3.63) is 46.5 Å². The van der Waals surface area contributed by atoms with Gasteiger partial charge in [-0.25, -0.2) is 0 Å². The minimum atomic E-state index is -0.803. The minimum Gasteiger partial charge on any atom is -0.390 e. The van der Waals surface area contributed by atoms with E-state index in [-0.39, 0.29) is 0 Å². The van der Waals surface area contributed by atoms with Crippen molar-refractivity contribution in [2.75, 3.05) is 0 Å². The fourth-order valence-corrected chi connectivity index (χ4v) is 2.11. The molecule has 1 unspecified atom stereocenters. The number of hydrogen-bond donors (Lipinski definition) is 1. The normalized spacial score (nSPS) is 14.5. The van der Waals surface area contributed by atoms with Crippen LogP contribution in [0.15, 0.2) is 30.9 Å². The van der Waals surface area contributed by atoms with Crippen molar-refractivity contribution in [3.8, 4) is 0 Å². The second-order valence-corrected chi connectivity index (χ2v) is 5.02. The number of rotatable bonds is 5. The first-order valence-electron chi connectivity index (χ1n) is 5.22. The zero-order valence-corrected chi connectivity index (χ0v) is 10.9. The molecule has 0 aromatic heterocycles. The van der Waals surface area contributed by atoms with Crippen LogP contribution in [0.3, 0.4) is 0 Å². The molecule has 1 nitrogen and oxygen atoms in total. The van der Waals surface area contributed by atoms with E-state index in [1.807, 2.05) is 0 Å². The second-order valence-electron chi connectivity index (χ2n) is 4.20. The summed E-state index contributed by atoms with van der Waals surface area (Å²) in [6.07, 6.45) is 3.68. The molecule has 0 fully saturated rings. The maximum absolute atomic E-state index is 10.2. The molecule has 0 aliphatic rings. The molecule has 0 radical (unpaired) electrons. The summed E-state index contributed by atoms with van der Waals surface area (Å²) in [7, 11) is 0. The smallest absolute Gasteiger partial charge is 0.0664 e. The summed E-state index contributed by atoms with van der Waals surface area (Å²) in [5.41, 5.74) is 0.00270. The predicted octanol–water partition coefficient (Wildman–Crippen LogP) is 4.25. The fourth-order valence-electron chi connectivity index (χ4n) is 1.58.